The van der Waals surface area contributed by atoms with Crippen LogP contribution in [0.15, 0.2) is 0 Å². The zero-order valence-corrected chi connectivity index (χ0v) is 13.3. The molecule has 0 aromatic carbocycles. The van der Waals surface area contributed by atoms with E-state index in [9.17, 15) is 14.7 Å². The van der Waals surface area contributed by atoms with Gasteiger partial charge in [0.1, 0.15) is 6.04 Å². The first-order valence-electron chi connectivity index (χ1n) is 8.29. The molecule has 4 rings (SSSR count). The number of aliphatic carboxylic acids is 1. The minimum atomic E-state index is -0.931. The lowest BCUT2D eigenvalue weighted by atomic mass is 9.51. The molecular formula is C17H27NO3. The third-order valence-electron chi connectivity index (χ3n) is 5.93. The van der Waals surface area contributed by atoms with Crippen molar-refractivity contribution in [2.24, 2.45) is 35.0 Å². The van der Waals surface area contributed by atoms with Gasteiger partial charge in [-0.15, -0.1) is 0 Å². The first kappa shape index (κ1) is 14.9. The van der Waals surface area contributed by atoms with Crippen molar-refractivity contribution in [3.8, 4) is 0 Å². The molecule has 1 atom stereocenters. The summed E-state index contributed by atoms with van der Waals surface area (Å²) < 4.78 is 0. The van der Waals surface area contributed by atoms with Crippen molar-refractivity contribution in [3.63, 3.8) is 0 Å². The van der Waals surface area contributed by atoms with Crippen LogP contribution in [0.25, 0.3) is 0 Å². The topological polar surface area (TPSA) is 66.4 Å². The monoisotopic (exact) mass is 293 g/mol. The van der Waals surface area contributed by atoms with Crippen molar-refractivity contribution in [1.82, 2.24) is 5.32 Å². The van der Waals surface area contributed by atoms with Gasteiger partial charge < -0.3 is 10.4 Å². The molecule has 0 heterocycles. The molecule has 4 saturated carbocycles. The summed E-state index contributed by atoms with van der Waals surface area (Å²) in [6.07, 6.45) is 6.08. The van der Waals surface area contributed by atoms with Gasteiger partial charge in [0.05, 0.1) is 0 Å². The van der Waals surface area contributed by atoms with Gasteiger partial charge in [-0.25, -0.2) is 4.79 Å². The quantitative estimate of drug-likeness (QED) is 0.840. The minimum Gasteiger partial charge on any atom is -0.480 e. The number of carboxylic acids is 1. The zero-order valence-electron chi connectivity index (χ0n) is 13.3. The number of nitrogens with one attached hydrogen (secondary N) is 1. The molecule has 0 spiro atoms. The average molecular weight is 293 g/mol. The van der Waals surface area contributed by atoms with Crippen molar-refractivity contribution >= 4 is 11.9 Å². The Morgan fingerprint density at radius 3 is 1.86 bits per heavy atom. The molecule has 118 valence electrons. The Bertz CT molecular complexity index is 423. The van der Waals surface area contributed by atoms with Crippen molar-refractivity contribution in [2.45, 2.75) is 58.9 Å². The molecule has 4 heteroatoms. The maximum Gasteiger partial charge on any atom is 0.326 e. The van der Waals surface area contributed by atoms with Gasteiger partial charge in [-0.3, -0.25) is 4.79 Å². The van der Waals surface area contributed by atoms with Crippen LogP contribution in [0.3, 0.4) is 0 Å². The fourth-order valence-electron chi connectivity index (χ4n) is 5.24. The van der Waals surface area contributed by atoms with Gasteiger partial charge in [-0.2, -0.15) is 0 Å². The van der Waals surface area contributed by atoms with E-state index in [0.29, 0.717) is 11.8 Å². The van der Waals surface area contributed by atoms with Crippen molar-refractivity contribution < 1.29 is 14.7 Å². The molecule has 4 fully saturated rings. The summed E-state index contributed by atoms with van der Waals surface area (Å²) in [5, 5.41) is 12.2. The summed E-state index contributed by atoms with van der Waals surface area (Å²) in [6.45, 7) is 5.59. The number of carboxylic acid groups (broad SMARTS) is 1. The predicted molar refractivity (Wildman–Crippen MR) is 79.6 cm³/mol. The summed E-state index contributed by atoms with van der Waals surface area (Å²) in [7, 11) is 0. The molecule has 0 unspecified atom stereocenters. The predicted octanol–water partition coefficient (Wildman–Crippen LogP) is 2.67. The van der Waals surface area contributed by atoms with Crippen LogP contribution >= 0.6 is 0 Å². The molecule has 4 nitrogen and oxygen atoms in total. The molecule has 1 amide bonds. The first-order chi connectivity index (χ1) is 9.75. The van der Waals surface area contributed by atoms with E-state index in [1.54, 1.807) is 0 Å². The van der Waals surface area contributed by atoms with Crippen LogP contribution in [0, 0.1) is 35.0 Å². The van der Waals surface area contributed by atoms with E-state index >= 15 is 0 Å². The van der Waals surface area contributed by atoms with E-state index in [-0.39, 0.29) is 11.8 Å². The summed E-state index contributed by atoms with van der Waals surface area (Å²) in [6, 6.07) is -0.804. The van der Waals surface area contributed by atoms with Crippen LogP contribution in [0.2, 0.25) is 0 Å². The Balaban J connectivity index is 1.72. The van der Waals surface area contributed by atoms with Crippen LogP contribution < -0.4 is 5.32 Å². The van der Waals surface area contributed by atoms with Crippen molar-refractivity contribution in [2.75, 3.05) is 0 Å². The molecule has 4 bridgehead atoms. The number of hydrogen-bond acceptors (Lipinski definition) is 2. The van der Waals surface area contributed by atoms with Crippen LogP contribution in [-0.4, -0.2) is 23.0 Å². The molecule has 0 radical (unpaired) electrons. The fourth-order valence-corrected chi connectivity index (χ4v) is 5.24. The smallest absolute Gasteiger partial charge is 0.326 e. The van der Waals surface area contributed by atoms with Crippen molar-refractivity contribution in [1.29, 1.82) is 0 Å². The number of carbonyl (C=O) groups is 2. The van der Waals surface area contributed by atoms with E-state index in [2.05, 4.69) is 5.32 Å². The molecule has 0 aromatic rings. The van der Waals surface area contributed by atoms with Gasteiger partial charge >= 0.3 is 5.97 Å². The standard InChI is InChI=1S/C17H27NO3/c1-17(2,3)14(16(20)21)18-15(19)13-11-5-9-4-10(7-11)8-12(13)6-9/h9-14H,4-8H2,1-3H3,(H,18,19)(H,20,21)/t9?,10?,11?,12?,13?,14-/m0/s1. The summed E-state index contributed by atoms with van der Waals surface area (Å²) in [5.74, 6) is 1.77. The first-order valence-corrected chi connectivity index (χ1v) is 8.29. The van der Waals surface area contributed by atoms with E-state index in [0.717, 1.165) is 11.8 Å². The van der Waals surface area contributed by atoms with Gasteiger partial charge in [0.2, 0.25) is 5.91 Å². The molecule has 0 aliphatic heterocycles. The Morgan fingerprint density at radius 1 is 1.00 bits per heavy atom. The third kappa shape index (κ3) is 2.69. The number of amides is 1. The number of carbonyl (C=O) groups excluding carboxylic acids is 1. The lowest BCUT2D eigenvalue weighted by molar-refractivity contribution is -0.149. The van der Waals surface area contributed by atoms with Gasteiger partial charge in [0.15, 0.2) is 0 Å². The van der Waals surface area contributed by atoms with E-state index in [1.807, 2.05) is 20.8 Å². The molecule has 4 aliphatic rings. The molecule has 0 aromatic heterocycles. The highest BCUT2D eigenvalue weighted by Crippen LogP contribution is 2.56. The van der Waals surface area contributed by atoms with Gasteiger partial charge in [-0.05, 0) is 61.2 Å². The Kier molecular flexibility index (Phi) is 3.53. The molecular weight excluding hydrogens is 266 g/mol. The average Bonchev–Trinajstić information content (AvgIpc) is 2.32. The van der Waals surface area contributed by atoms with E-state index in [4.69, 9.17) is 0 Å². The highest BCUT2D eigenvalue weighted by atomic mass is 16.4. The molecule has 4 aliphatic carbocycles. The highest BCUT2D eigenvalue weighted by Gasteiger charge is 2.51. The minimum absolute atomic E-state index is 0.00822. The van der Waals surface area contributed by atoms with Gasteiger partial charge in [0, 0.05) is 5.92 Å². The van der Waals surface area contributed by atoms with Crippen molar-refractivity contribution in [3.05, 3.63) is 0 Å². The Hall–Kier alpha value is -1.06. The molecule has 21 heavy (non-hydrogen) atoms. The van der Waals surface area contributed by atoms with E-state index in [1.165, 1.54) is 32.1 Å². The Labute approximate surface area is 126 Å². The Morgan fingerprint density at radius 2 is 1.48 bits per heavy atom. The number of hydrogen-bond donors (Lipinski definition) is 2. The fraction of sp³-hybridized carbons (Fsp3) is 0.882. The second-order valence-electron chi connectivity index (χ2n) is 8.60. The van der Waals surface area contributed by atoms with Crippen LogP contribution in [0.1, 0.15) is 52.9 Å². The molecule has 2 N–H and O–H groups in total. The zero-order chi connectivity index (χ0) is 15.4. The van der Waals surface area contributed by atoms with Gasteiger partial charge in [0.25, 0.3) is 0 Å². The molecule has 0 saturated heterocycles. The normalized spacial score (nSPS) is 39.1. The maximum atomic E-state index is 12.7. The maximum absolute atomic E-state index is 12.7. The third-order valence-corrected chi connectivity index (χ3v) is 5.93. The largest absolute Gasteiger partial charge is 0.480 e. The van der Waals surface area contributed by atoms with Crippen LogP contribution in [0.5, 0.6) is 0 Å². The summed E-state index contributed by atoms with van der Waals surface area (Å²) >= 11 is 0. The summed E-state index contributed by atoms with van der Waals surface area (Å²) in [4.78, 5) is 24.2. The van der Waals surface area contributed by atoms with Crippen LogP contribution in [-0.2, 0) is 9.59 Å². The second kappa shape index (κ2) is 4.99. The number of rotatable bonds is 3. The lowest BCUT2D eigenvalue weighted by Crippen LogP contribution is -2.56. The highest BCUT2D eigenvalue weighted by molar-refractivity contribution is 5.86. The van der Waals surface area contributed by atoms with E-state index < -0.39 is 17.4 Å². The van der Waals surface area contributed by atoms with Crippen LogP contribution in [0.4, 0.5) is 0 Å². The lowest BCUT2D eigenvalue weighted by Gasteiger charge is -2.53. The van der Waals surface area contributed by atoms with Gasteiger partial charge in [-0.1, -0.05) is 20.8 Å². The second-order valence-corrected chi connectivity index (χ2v) is 8.60. The summed E-state index contributed by atoms with van der Waals surface area (Å²) in [5.41, 5.74) is -0.465. The SMILES string of the molecule is CC(C)(C)[C@@H](NC(=O)C1C2CC3CC(C2)CC1C3)C(=O)O.